The van der Waals surface area contributed by atoms with E-state index < -0.39 is 46.9 Å². The quantitative estimate of drug-likeness (QED) is 0.156. The lowest BCUT2D eigenvalue weighted by atomic mass is 9.84. The molecule has 1 aromatic carbocycles. The van der Waals surface area contributed by atoms with Crippen LogP contribution < -0.4 is 10.7 Å². The summed E-state index contributed by atoms with van der Waals surface area (Å²) in [7, 11) is 6.91. The molecule has 6 heterocycles. The molecule has 0 radical (unpaired) electrons. The van der Waals surface area contributed by atoms with Gasteiger partial charge in [-0.15, -0.1) is 11.3 Å². The van der Waals surface area contributed by atoms with Crippen LogP contribution in [0.1, 0.15) is 76.8 Å². The molecule has 0 unspecified atom stereocenters. The molecule has 66 heavy (non-hydrogen) atoms. The standard InChI is InChI=1S/C49H64N8O8S/c1-11-56-39-17-16-31-22-34(39)35(44(56)33-14-12-20-50-43(33)30(2)62-9)24-48(3,4)29-65-47(61)36-15-13-21-57(53-36)46(60)37(23-41-51-38(31)28-66-41)52-45(59)40(63-10)27-64-32-25-55(26-32)42(58)18-19-49(5,6)54(7)8/h12,14,16-17,20,22,28,30,32,36-37,40,53H,11,13,15,21,23-27,29H2,1-10H3,(H,52,59)/t30-,36-,37-,40-/m0/s1. The number of aromatic nitrogens is 3. The number of nitrogens with one attached hydrogen (secondary N) is 2. The minimum absolute atomic E-state index is 0.0880. The third kappa shape index (κ3) is 10.6. The van der Waals surface area contributed by atoms with E-state index in [-0.39, 0.29) is 37.7 Å². The lowest BCUT2D eigenvalue weighted by molar-refractivity contribution is -0.156. The maximum Gasteiger partial charge on any atom is 0.324 e. The summed E-state index contributed by atoms with van der Waals surface area (Å²) >= 11 is 1.41. The molecular weight excluding hydrogens is 861 g/mol. The van der Waals surface area contributed by atoms with Crippen LogP contribution >= 0.6 is 11.3 Å². The number of hydrogen-bond acceptors (Lipinski definition) is 13. The van der Waals surface area contributed by atoms with Crippen molar-refractivity contribution in [3.8, 4) is 34.4 Å². The minimum atomic E-state index is -1.06. The number of amides is 3. The molecule has 4 atom stereocenters. The molecule has 0 aliphatic carbocycles. The first kappa shape index (κ1) is 48.7. The van der Waals surface area contributed by atoms with E-state index in [4.69, 9.17) is 28.9 Å². The molecule has 4 aromatic rings. The monoisotopic (exact) mass is 924 g/mol. The number of aryl methyl sites for hydroxylation is 1. The number of ether oxygens (including phenoxy) is 4. The number of likely N-dealkylation sites (tertiary alicyclic amines) is 1. The highest BCUT2D eigenvalue weighted by atomic mass is 32.1. The average molecular weight is 925 g/mol. The van der Waals surface area contributed by atoms with E-state index in [0.29, 0.717) is 50.4 Å². The van der Waals surface area contributed by atoms with Crippen LogP contribution in [0.5, 0.6) is 0 Å². The Morgan fingerprint density at radius 3 is 2.64 bits per heavy atom. The molecule has 17 heteroatoms. The van der Waals surface area contributed by atoms with Gasteiger partial charge < -0.3 is 33.7 Å². The fourth-order valence-corrected chi connectivity index (χ4v) is 9.26. The van der Waals surface area contributed by atoms with Gasteiger partial charge in [0.25, 0.3) is 17.7 Å². The molecule has 7 rings (SSSR count). The average Bonchev–Trinajstić information content (AvgIpc) is 3.88. The molecule has 3 aromatic heterocycles. The second-order valence-electron chi connectivity index (χ2n) is 18.9. The highest BCUT2D eigenvalue weighted by Crippen LogP contribution is 2.42. The van der Waals surface area contributed by atoms with Gasteiger partial charge in [0.15, 0.2) is 6.10 Å². The number of carbonyl (C=O) groups is 4. The lowest BCUT2D eigenvalue weighted by Gasteiger charge is -2.38. The predicted octanol–water partition coefficient (Wildman–Crippen LogP) is 4.79. The summed E-state index contributed by atoms with van der Waals surface area (Å²) in [6.07, 6.45) is 1.88. The molecule has 354 valence electrons. The number of esters is 1. The summed E-state index contributed by atoms with van der Waals surface area (Å²) in [5.41, 5.74) is 8.82. The summed E-state index contributed by atoms with van der Waals surface area (Å²) in [5.74, 6) is 4.06. The smallest absolute Gasteiger partial charge is 0.324 e. The number of hydrazine groups is 1. The van der Waals surface area contributed by atoms with Crippen LogP contribution in [0.15, 0.2) is 41.9 Å². The topological polar surface area (TPSA) is 170 Å². The van der Waals surface area contributed by atoms with Gasteiger partial charge in [0.05, 0.1) is 53.1 Å². The zero-order valence-electron chi connectivity index (χ0n) is 39.9. The Hall–Kier alpha value is -5.22. The highest BCUT2D eigenvalue weighted by molar-refractivity contribution is 7.10. The van der Waals surface area contributed by atoms with Gasteiger partial charge >= 0.3 is 5.97 Å². The molecule has 2 saturated heterocycles. The van der Waals surface area contributed by atoms with Gasteiger partial charge in [0.2, 0.25) is 0 Å². The van der Waals surface area contributed by atoms with Crippen LogP contribution in [0.3, 0.4) is 0 Å². The fourth-order valence-electron chi connectivity index (χ4n) is 8.41. The summed E-state index contributed by atoms with van der Waals surface area (Å²) in [4.78, 5) is 68.3. The number of methoxy groups -OCH3 is 2. The van der Waals surface area contributed by atoms with E-state index in [1.165, 1.54) is 23.5 Å². The van der Waals surface area contributed by atoms with Gasteiger partial charge in [0, 0.05) is 85.8 Å². The third-order valence-electron chi connectivity index (χ3n) is 12.9. The van der Waals surface area contributed by atoms with Crippen LogP contribution in [-0.4, -0.2) is 144 Å². The van der Waals surface area contributed by atoms with E-state index in [9.17, 15) is 19.2 Å². The van der Waals surface area contributed by atoms with Crippen molar-refractivity contribution in [1.29, 1.82) is 0 Å². The SMILES string of the molecule is CCn1c(-c2cccnc2[C@H](C)OC)c2c3cc(ccc31)-c1csc(n1)C[C@H](NC(=O)[C@H](COC1CN(C(=O)C#CC(C)(C)N(C)C)C1)OC)C(=O)N1CCC[C@H](N1)C(=O)OCC(C)(C)C2. The number of carbonyl (C=O) groups excluding carboxylic acids is 4. The van der Waals surface area contributed by atoms with Gasteiger partial charge in [0.1, 0.15) is 12.1 Å². The van der Waals surface area contributed by atoms with Crippen LogP contribution in [0.2, 0.25) is 0 Å². The van der Waals surface area contributed by atoms with Crippen molar-refractivity contribution in [2.24, 2.45) is 5.41 Å². The predicted molar refractivity (Wildman–Crippen MR) is 252 cm³/mol. The van der Waals surface area contributed by atoms with E-state index in [1.54, 1.807) is 18.2 Å². The number of benzene rings is 1. The van der Waals surface area contributed by atoms with Crippen LogP contribution in [0, 0.1) is 17.3 Å². The van der Waals surface area contributed by atoms with Crippen molar-refractivity contribution < 1.29 is 38.1 Å². The normalized spacial score (nSPS) is 20.2. The molecule has 0 saturated carbocycles. The van der Waals surface area contributed by atoms with Crippen molar-refractivity contribution in [1.82, 2.24) is 40.1 Å². The molecular formula is C49H64N8O8S. The third-order valence-corrected chi connectivity index (χ3v) is 13.8. The summed E-state index contributed by atoms with van der Waals surface area (Å²) in [5, 5.41) is 8.01. The van der Waals surface area contributed by atoms with Crippen molar-refractivity contribution in [3.05, 3.63) is 58.2 Å². The summed E-state index contributed by atoms with van der Waals surface area (Å²) in [6.45, 7) is 13.9. The Kier molecular flexibility index (Phi) is 15.0. The van der Waals surface area contributed by atoms with Crippen molar-refractivity contribution in [2.45, 2.75) is 110 Å². The Morgan fingerprint density at radius 2 is 1.92 bits per heavy atom. The Balaban J connectivity index is 1.17. The first-order valence-corrected chi connectivity index (χ1v) is 23.6. The first-order chi connectivity index (χ1) is 31.4. The van der Waals surface area contributed by atoms with Gasteiger partial charge in [-0.3, -0.25) is 34.1 Å². The fraction of sp³-hybridized carbons (Fsp3) is 0.551. The van der Waals surface area contributed by atoms with Crippen LogP contribution in [0.4, 0.5) is 0 Å². The second kappa shape index (κ2) is 20.3. The second-order valence-corrected chi connectivity index (χ2v) is 19.8. The van der Waals surface area contributed by atoms with Crippen molar-refractivity contribution >= 4 is 45.9 Å². The number of hydrogen-bond donors (Lipinski definition) is 2. The molecule has 0 spiro atoms. The Morgan fingerprint density at radius 1 is 1.15 bits per heavy atom. The Bertz CT molecular complexity index is 2500. The van der Waals surface area contributed by atoms with Gasteiger partial charge in [-0.05, 0) is 96.8 Å². The van der Waals surface area contributed by atoms with Crippen molar-refractivity contribution in [3.63, 3.8) is 0 Å². The molecule has 16 nitrogen and oxygen atoms in total. The number of pyridine rings is 1. The summed E-state index contributed by atoms with van der Waals surface area (Å²) < 4.78 is 25.8. The van der Waals surface area contributed by atoms with Crippen molar-refractivity contribution in [2.75, 3.05) is 61.2 Å². The number of thiazole rings is 1. The Labute approximate surface area is 391 Å². The zero-order valence-corrected chi connectivity index (χ0v) is 40.7. The molecule has 3 aliphatic heterocycles. The first-order valence-electron chi connectivity index (χ1n) is 22.7. The number of cyclic esters (lactones) is 1. The summed E-state index contributed by atoms with van der Waals surface area (Å²) in [6, 6.07) is 8.57. The molecule has 2 N–H and O–H groups in total. The van der Waals surface area contributed by atoms with Crippen LogP contribution in [-0.2, 0) is 57.5 Å². The number of nitrogens with zero attached hydrogens (tertiary/aromatic N) is 6. The van der Waals surface area contributed by atoms with Crippen LogP contribution in [0.25, 0.3) is 33.4 Å². The molecule has 3 amide bonds. The number of fused-ring (bicyclic) bond motifs is 6. The molecule has 2 fully saturated rings. The van der Waals surface area contributed by atoms with Gasteiger partial charge in [-0.25, -0.2) is 10.4 Å². The minimum Gasteiger partial charge on any atom is -0.464 e. The maximum absolute atomic E-state index is 14.4. The molecule has 6 bridgehead atoms. The van der Waals surface area contributed by atoms with E-state index in [2.05, 4.69) is 72.2 Å². The lowest BCUT2D eigenvalue weighted by Crippen LogP contribution is -2.61. The van der Waals surface area contributed by atoms with Gasteiger partial charge in [-0.1, -0.05) is 25.8 Å². The van der Waals surface area contributed by atoms with E-state index in [1.807, 2.05) is 51.2 Å². The largest absolute Gasteiger partial charge is 0.464 e. The molecule has 3 aliphatic rings. The zero-order chi connectivity index (χ0) is 47.5. The van der Waals surface area contributed by atoms with Gasteiger partial charge in [-0.2, -0.15) is 0 Å². The van der Waals surface area contributed by atoms with E-state index >= 15 is 0 Å². The number of rotatable bonds is 11. The highest BCUT2D eigenvalue weighted by Gasteiger charge is 2.38. The maximum atomic E-state index is 14.4. The van der Waals surface area contributed by atoms with E-state index in [0.717, 1.165) is 44.7 Å².